The zero-order valence-electron chi connectivity index (χ0n) is 5.47. The molecule has 0 aromatic carbocycles. The fourth-order valence-corrected chi connectivity index (χ4v) is 0.327. The second kappa shape index (κ2) is 7.62. The molecule has 2 N–H and O–H groups in total. The van der Waals surface area contributed by atoms with Crippen LogP contribution in [0.2, 0.25) is 0 Å². The van der Waals surface area contributed by atoms with Crippen LogP contribution in [0.25, 0.3) is 0 Å². The van der Waals surface area contributed by atoms with Crippen molar-refractivity contribution in [3.05, 3.63) is 12.7 Å². The van der Waals surface area contributed by atoms with E-state index in [0.29, 0.717) is 19.6 Å². The van der Waals surface area contributed by atoms with Crippen molar-refractivity contribution < 1.29 is 9.94 Å². The fourth-order valence-electron chi connectivity index (χ4n) is 0.327. The van der Waals surface area contributed by atoms with Crippen molar-refractivity contribution >= 4 is 0 Å². The van der Waals surface area contributed by atoms with E-state index in [1.165, 1.54) is 0 Å². The number of hydroxylamine groups is 1. The van der Waals surface area contributed by atoms with Crippen LogP contribution in [0.15, 0.2) is 12.7 Å². The molecule has 0 amide bonds. The number of hydrogen-bond acceptors (Lipinski definition) is 3. The van der Waals surface area contributed by atoms with Gasteiger partial charge in [-0.15, -0.1) is 6.58 Å². The Hall–Kier alpha value is -0.380. The van der Waals surface area contributed by atoms with Gasteiger partial charge < -0.3 is 9.94 Å². The molecular weight excluding hydrogens is 118 g/mol. The topological polar surface area (TPSA) is 41.5 Å². The predicted molar refractivity (Wildman–Crippen MR) is 35.9 cm³/mol. The van der Waals surface area contributed by atoms with E-state index in [4.69, 9.17) is 9.94 Å². The molecule has 9 heavy (non-hydrogen) atoms. The minimum atomic E-state index is 0.176. The largest absolute Gasteiger partial charge is 0.396 e. The highest BCUT2D eigenvalue weighted by atomic mass is 16.6. The smallest absolute Gasteiger partial charge is 0.0704 e. The molecule has 0 aromatic heterocycles. The molecule has 0 saturated carbocycles. The lowest BCUT2D eigenvalue weighted by atomic mass is 10.5. The molecule has 0 aliphatic rings. The molecule has 0 bridgehead atoms. The van der Waals surface area contributed by atoms with E-state index in [-0.39, 0.29) is 6.61 Å². The van der Waals surface area contributed by atoms with Gasteiger partial charge in [-0.1, -0.05) is 6.08 Å². The Morgan fingerprint density at radius 2 is 2.44 bits per heavy atom. The number of aliphatic hydroxyl groups is 1. The minimum Gasteiger partial charge on any atom is -0.396 e. The van der Waals surface area contributed by atoms with Gasteiger partial charge in [0.2, 0.25) is 0 Å². The first kappa shape index (κ1) is 8.62. The summed E-state index contributed by atoms with van der Waals surface area (Å²) in [6, 6.07) is 0. The average Bonchev–Trinajstić information content (AvgIpc) is 1.89. The summed E-state index contributed by atoms with van der Waals surface area (Å²) in [5.41, 5.74) is 2.64. The van der Waals surface area contributed by atoms with Gasteiger partial charge in [0, 0.05) is 13.2 Å². The molecule has 54 valence electrons. The molecule has 0 unspecified atom stereocenters. The SMILES string of the molecule is C=CCNOCCCO. The van der Waals surface area contributed by atoms with E-state index < -0.39 is 0 Å². The van der Waals surface area contributed by atoms with Crippen molar-refractivity contribution in [3.8, 4) is 0 Å². The van der Waals surface area contributed by atoms with Crippen molar-refractivity contribution in [1.29, 1.82) is 0 Å². The van der Waals surface area contributed by atoms with Gasteiger partial charge in [0.25, 0.3) is 0 Å². The van der Waals surface area contributed by atoms with Crippen molar-refractivity contribution in [2.24, 2.45) is 0 Å². The maximum absolute atomic E-state index is 8.29. The molecule has 0 rings (SSSR count). The second-order valence-electron chi connectivity index (χ2n) is 1.56. The fraction of sp³-hybridized carbons (Fsp3) is 0.667. The lowest BCUT2D eigenvalue weighted by molar-refractivity contribution is 0.0392. The average molecular weight is 131 g/mol. The van der Waals surface area contributed by atoms with Crippen LogP contribution < -0.4 is 5.48 Å². The zero-order chi connectivity index (χ0) is 6.95. The van der Waals surface area contributed by atoms with Crippen molar-refractivity contribution in [1.82, 2.24) is 5.48 Å². The Morgan fingerprint density at radius 1 is 1.67 bits per heavy atom. The molecule has 3 heteroatoms. The summed E-state index contributed by atoms with van der Waals surface area (Å²) in [5.74, 6) is 0. The summed E-state index contributed by atoms with van der Waals surface area (Å²) in [7, 11) is 0. The number of rotatable bonds is 6. The van der Waals surface area contributed by atoms with Gasteiger partial charge in [-0.3, -0.25) is 0 Å². The van der Waals surface area contributed by atoms with Crippen molar-refractivity contribution in [2.45, 2.75) is 6.42 Å². The summed E-state index contributed by atoms with van der Waals surface area (Å²) in [5, 5.41) is 8.29. The van der Waals surface area contributed by atoms with Crippen LogP contribution in [0.5, 0.6) is 0 Å². The highest BCUT2D eigenvalue weighted by molar-refractivity contribution is 4.65. The Bertz CT molecular complexity index is 66.1. The number of hydrogen-bond donors (Lipinski definition) is 2. The van der Waals surface area contributed by atoms with Crippen LogP contribution in [0, 0.1) is 0 Å². The van der Waals surface area contributed by atoms with Crippen LogP contribution in [-0.2, 0) is 4.84 Å². The molecule has 0 radical (unpaired) electrons. The quantitative estimate of drug-likeness (QED) is 0.304. The number of nitrogens with one attached hydrogen (secondary N) is 1. The third-order valence-electron chi connectivity index (χ3n) is 0.734. The summed E-state index contributed by atoms with van der Waals surface area (Å²) >= 11 is 0. The van der Waals surface area contributed by atoms with Gasteiger partial charge in [0.15, 0.2) is 0 Å². The van der Waals surface area contributed by atoms with Gasteiger partial charge in [-0.2, -0.15) is 5.48 Å². The van der Waals surface area contributed by atoms with Gasteiger partial charge in [0.05, 0.1) is 6.61 Å². The molecule has 0 spiro atoms. The van der Waals surface area contributed by atoms with Gasteiger partial charge in [-0.25, -0.2) is 0 Å². The summed E-state index contributed by atoms with van der Waals surface area (Å²) in [6.45, 7) is 4.85. The monoisotopic (exact) mass is 131 g/mol. The molecule has 0 heterocycles. The number of aliphatic hydroxyl groups excluding tert-OH is 1. The molecule has 0 aliphatic carbocycles. The van der Waals surface area contributed by atoms with Gasteiger partial charge in [-0.05, 0) is 6.42 Å². The maximum Gasteiger partial charge on any atom is 0.0704 e. The van der Waals surface area contributed by atoms with Crippen LogP contribution in [0.4, 0.5) is 0 Å². The molecule has 3 nitrogen and oxygen atoms in total. The summed E-state index contributed by atoms with van der Waals surface area (Å²) < 4.78 is 0. The molecule has 0 aliphatic heterocycles. The lowest BCUT2D eigenvalue weighted by Crippen LogP contribution is -2.15. The molecule has 0 aromatic rings. The zero-order valence-corrected chi connectivity index (χ0v) is 5.47. The van der Waals surface area contributed by atoms with Gasteiger partial charge >= 0.3 is 0 Å². The van der Waals surface area contributed by atoms with Crippen LogP contribution in [0.1, 0.15) is 6.42 Å². The normalized spacial score (nSPS) is 9.44. The first-order valence-electron chi connectivity index (χ1n) is 2.98. The lowest BCUT2D eigenvalue weighted by Gasteiger charge is -1.99. The van der Waals surface area contributed by atoms with Crippen LogP contribution >= 0.6 is 0 Å². The van der Waals surface area contributed by atoms with E-state index in [9.17, 15) is 0 Å². The Labute approximate surface area is 55.3 Å². The van der Waals surface area contributed by atoms with E-state index in [2.05, 4.69) is 12.1 Å². The third kappa shape index (κ3) is 7.62. The second-order valence-corrected chi connectivity index (χ2v) is 1.56. The molecule has 0 saturated heterocycles. The Morgan fingerprint density at radius 3 is 3.00 bits per heavy atom. The van der Waals surface area contributed by atoms with E-state index >= 15 is 0 Å². The summed E-state index contributed by atoms with van der Waals surface area (Å²) in [6.07, 6.45) is 2.38. The van der Waals surface area contributed by atoms with E-state index in [1.54, 1.807) is 6.08 Å². The highest BCUT2D eigenvalue weighted by Crippen LogP contribution is 1.75. The molecular formula is C6H13NO2. The summed E-state index contributed by atoms with van der Waals surface area (Å²) in [4.78, 5) is 4.83. The minimum absolute atomic E-state index is 0.176. The third-order valence-corrected chi connectivity index (χ3v) is 0.734. The standard InChI is InChI=1S/C6H13NO2/c1-2-4-7-9-6-3-5-8/h2,7-8H,1,3-6H2. The van der Waals surface area contributed by atoms with E-state index in [1.807, 2.05) is 0 Å². The first-order chi connectivity index (χ1) is 4.41. The van der Waals surface area contributed by atoms with Crippen LogP contribution in [-0.4, -0.2) is 24.9 Å². The van der Waals surface area contributed by atoms with Gasteiger partial charge in [0.1, 0.15) is 0 Å². The van der Waals surface area contributed by atoms with Crippen molar-refractivity contribution in [2.75, 3.05) is 19.8 Å². The van der Waals surface area contributed by atoms with Crippen LogP contribution in [0.3, 0.4) is 0 Å². The highest BCUT2D eigenvalue weighted by Gasteiger charge is 1.82. The van der Waals surface area contributed by atoms with E-state index in [0.717, 1.165) is 0 Å². The van der Waals surface area contributed by atoms with Crippen molar-refractivity contribution in [3.63, 3.8) is 0 Å². The molecule has 0 atom stereocenters. The predicted octanol–water partition coefficient (Wildman–Crippen LogP) is 0.0760. The molecule has 0 fully saturated rings. The maximum atomic E-state index is 8.29. The Kier molecular flexibility index (Phi) is 7.30. The Balaban J connectivity index is 2.66. The first-order valence-corrected chi connectivity index (χ1v) is 2.98.